The summed E-state index contributed by atoms with van der Waals surface area (Å²) in [7, 11) is -4.13. The van der Waals surface area contributed by atoms with Crippen molar-refractivity contribution in [2.45, 2.75) is 11.9 Å². The Balaban J connectivity index is 0.00000408. The third kappa shape index (κ3) is 6.91. The molecule has 2 heterocycles. The first kappa shape index (κ1) is 27.6. The number of carbonyl (C=O) groups is 1. The van der Waals surface area contributed by atoms with Crippen molar-refractivity contribution in [1.29, 1.82) is 5.26 Å². The zero-order valence-electron chi connectivity index (χ0n) is 17.4. The summed E-state index contributed by atoms with van der Waals surface area (Å²) in [6, 6.07) is 10.5. The van der Waals surface area contributed by atoms with E-state index in [4.69, 9.17) is 11.6 Å². The third-order valence-electron chi connectivity index (χ3n) is 4.08. The van der Waals surface area contributed by atoms with E-state index in [1.54, 1.807) is 36.4 Å². The summed E-state index contributed by atoms with van der Waals surface area (Å²) in [5.41, 5.74) is -0.774. The molecule has 0 spiro atoms. The first-order valence-corrected chi connectivity index (χ1v) is 10.9. The molecule has 0 saturated heterocycles. The number of alkyl halides is 3. The predicted molar refractivity (Wildman–Crippen MR) is 113 cm³/mol. The number of rotatable bonds is 6. The van der Waals surface area contributed by atoms with Crippen LogP contribution in [0.5, 0.6) is 0 Å². The first-order chi connectivity index (χ1) is 15.5. The zero-order chi connectivity index (χ0) is 24.2. The van der Waals surface area contributed by atoms with Crippen LogP contribution in [-0.2, 0) is 26.7 Å². The van der Waals surface area contributed by atoms with Gasteiger partial charge in [0.05, 0.1) is 39.7 Å². The summed E-state index contributed by atoms with van der Waals surface area (Å²) in [4.78, 5) is 15.8. The van der Waals surface area contributed by atoms with Gasteiger partial charge >= 0.3 is 35.7 Å². The molecule has 1 amide bonds. The Morgan fingerprint density at radius 2 is 1.91 bits per heavy atom. The number of hydrogen-bond donors (Lipinski definition) is 0. The van der Waals surface area contributed by atoms with Crippen LogP contribution in [0, 0.1) is 11.3 Å². The van der Waals surface area contributed by atoms with Gasteiger partial charge in [-0.15, -0.1) is 0 Å². The SMILES string of the molecule is N#Cc1cnn(-c2ncc(C(F)(F)F)cc2Cl)c1/C=C/C(=O)[N-]S(=O)(=O)Cc1ccccc1.[Na+]. The largest absolute Gasteiger partial charge is 1.00 e. The van der Waals surface area contributed by atoms with Gasteiger partial charge in [-0.05, 0) is 23.8 Å². The van der Waals surface area contributed by atoms with E-state index in [1.165, 1.54) is 0 Å². The molecule has 8 nitrogen and oxygen atoms in total. The van der Waals surface area contributed by atoms with E-state index in [2.05, 4.69) is 14.8 Å². The quantitative estimate of drug-likeness (QED) is 0.359. The van der Waals surface area contributed by atoms with Crippen LogP contribution < -0.4 is 29.6 Å². The molecule has 170 valence electrons. The van der Waals surface area contributed by atoms with Crippen molar-refractivity contribution in [2.24, 2.45) is 0 Å². The summed E-state index contributed by atoms with van der Waals surface area (Å²) in [6.07, 6.45) is -1.21. The second-order valence-corrected chi connectivity index (χ2v) is 8.51. The van der Waals surface area contributed by atoms with Crippen LogP contribution in [0.2, 0.25) is 5.02 Å². The van der Waals surface area contributed by atoms with Crippen molar-refractivity contribution < 1.29 is 55.9 Å². The topological polar surface area (TPSA) is 120 Å². The summed E-state index contributed by atoms with van der Waals surface area (Å²) in [5.74, 6) is -1.85. The monoisotopic (exact) mass is 517 g/mol. The van der Waals surface area contributed by atoms with Gasteiger partial charge < -0.3 is 9.52 Å². The fourth-order valence-electron chi connectivity index (χ4n) is 2.65. The standard InChI is InChI=1S/C20H13ClF3N5O3S.Na/c21-16-8-15(20(22,23)24)11-26-19(16)29-17(14(9-25)10-27-29)6-7-18(30)28-33(31,32)12-13-4-2-1-3-5-13;/h1-8,10-11H,12H2,(H,28,30);/q;+1/p-1/b7-6+;. The van der Waals surface area contributed by atoms with E-state index >= 15 is 0 Å². The first-order valence-electron chi connectivity index (χ1n) is 8.93. The van der Waals surface area contributed by atoms with Gasteiger partial charge in [0.25, 0.3) is 0 Å². The van der Waals surface area contributed by atoms with Crippen molar-refractivity contribution in [3.8, 4) is 11.9 Å². The van der Waals surface area contributed by atoms with Crippen molar-refractivity contribution in [3.05, 3.63) is 87.0 Å². The third-order valence-corrected chi connectivity index (χ3v) is 5.52. The molecule has 1 aromatic carbocycles. The molecule has 0 aliphatic carbocycles. The molecule has 0 N–H and O–H groups in total. The summed E-state index contributed by atoms with van der Waals surface area (Å²) in [5, 5.41) is 12.7. The van der Waals surface area contributed by atoms with E-state index in [0.717, 1.165) is 23.0 Å². The number of amides is 1. The summed E-state index contributed by atoms with van der Waals surface area (Å²) in [6.45, 7) is 0. The molecule has 0 aliphatic heterocycles. The zero-order valence-corrected chi connectivity index (χ0v) is 20.9. The average Bonchev–Trinajstić information content (AvgIpc) is 3.14. The molecule has 0 bridgehead atoms. The Morgan fingerprint density at radius 1 is 1.24 bits per heavy atom. The van der Waals surface area contributed by atoms with Crippen LogP contribution in [0.15, 0.2) is 54.9 Å². The molecule has 3 aromatic rings. The molecule has 14 heteroatoms. The van der Waals surface area contributed by atoms with Gasteiger partial charge in [0, 0.05) is 6.20 Å². The van der Waals surface area contributed by atoms with E-state index < -0.39 is 38.4 Å². The van der Waals surface area contributed by atoms with Gasteiger partial charge in [-0.2, -0.15) is 23.5 Å². The van der Waals surface area contributed by atoms with Crippen molar-refractivity contribution in [1.82, 2.24) is 14.8 Å². The number of halogens is 4. The molecule has 34 heavy (non-hydrogen) atoms. The molecule has 0 aliphatic rings. The second kappa shape index (κ2) is 11.2. The summed E-state index contributed by atoms with van der Waals surface area (Å²) < 4.78 is 66.9. The van der Waals surface area contributed by atoms with Gasteiger partial charge in [0.1, 0.15) is 16.1 Å². The molecule has 0 atom stereocenters. The van der Waals surface area contributed by atoms with Gasteiger partial charge in [-0.3, -0.25) is 0 Å². The normalized spacial score (nSPS) is 11.6. The number of pyridine rings is 1. The smallest absolute Gasteiger partial charge is 0.542 e. The molecule has 0 radical (unpaired) electrons. The maximum atomic E-state index is 12.9. The Hall–Kier alpha value is -2.69. The molecular formula is C20H12ClF3N5NaO3S. The fourth-order valence-corrected chi connectivity index (χ4v) is 3.91. The maximum absolute atomic E-state index is 12.9. The predicted octanol–water partition coefficient (Wildman–Crippen LogP) is 1.26. The van der Waals surface area contributed by atoms with Gasteiger partial charge in [0.2, 0.25) is 0 Å². The van der Waals surface area contributed by atoms with Gasteiger partial charge in [0.15, 0.2) is 5.82 Å². The number of hydrogen-bond acceptors (Lipinski definition) is 6. The molecule has 3 rings (SSSR count). The molecule has 2 aromatic heterocycles. The van der Waals surface area contributed by atoms with Crippen LogP contribution in [0.1, 0.15) is 22.4 Å². The minimum Gasteiger partial charge on any atom is -0.542 e. The minimum atomic E-state index is -4.67. The van der Waals surface area contributed by atoms with E-state index in [1.807, 2.05) is 0 Å². The fraction of sp³-hybridized carbons (Fsp3) is 0.100. The Morgan fingerprint density at radius 3 is 2.50 bits per heavy atom. The molecular weight excluding hydrogens is 506 g/mol. The second-order valence-electron chi connectivity index (χ2n) is 6.47. The van der Waals surface area contributed by atoms with Crippen LogP contribution in [0.4, 0.5) is 13.2 Å². The van der Waals surface area contributed by atoms with Crippen LogP contribution in [0.3, 0.4) is 0 Å². The van der Waals surface area contributed by atoms with Crippen LogP contribution >= 0.6 is 11.6 Å². The molecule has 0 unspecified atom stereocenters. The van der Waals surface area contributed by atoms with Crippen LogP contribution in [0.25, 0.3) is 16.6 Å². The summed E-state index contributed by atoms with van der Waals surface area (Å²) >= 11 is 5.93. The molecule has 0 saturated carbocycles. The maximum Gasteiger partial charge on any atom is 1.00 e. The van der Waals surface area contributed by atoms with E-state index in [9.17, 15) is 31.6 Å². The van der Waals surface area contributed by atoms with E-state index in [-0.39, 0.29) is 46.6 Å². The van der Waals surface area contributed by atoms with Gasteiger partial charge in [-0.1, -0.05) is 41.9 Å². The Kier molecular flexibility index (Phi) is 9.04. The van der Waals surface area contributed by atoms with Crippen LogP contribution in [-0.4, -0.2) is 29.1 Å². The number of benzene rings is 1. The number of sulfonamides is 1. The number of nitriles is 1. The van der Waals surface area contributed by atoms with E-state index in [0.29, 0.717) is 17.8 Å². The number of nitrogens with zero attached hydrogens (tertiary/aromatic N) is 5. The Labute approximate surface area is 219 Å². The van der Waals surface area contributed by atoms with Crippen molar-refractivity contribution in [2.75, 3.05) is 0 Å². The number of carbonyl (C=O) groups excluding carboxylic acids is 1. The number of aromatic nitrogens is 3. The van der Waals surface area contributed by atoms with Crippen molar-refractivity contribution >= 4 is 33.6 Å². The molecule has 0 fully saturated rings. The van der Waals surface area contributed by atoms with Gasteiger partial charge in [-0.25, -0.2) is 18.1 Å². The van der Waals surface area contributed by atoms with Crippen molar-refractivity contribution in [3.63, 3.8) is 0 Å². The Bertz CT molecular complexity index is 1370. The minimum absolute atomic E-state index is 0. The average molecular weight is 518 g/mol.